The summed E-state index contributed by atoms with van der Waals surface area (Å²) < 4.78 is 21.1. The Morgan fingerprint density at radius 1 is 1.00 bits per heavy atom. The maximum absolute atomic E-state index is 12.1. The number of amides is 2. The molecule has 0 atom stereocenters. The predicted molar refractivity (Wildman–Crippen MR) is 95.2 cm³/mol. The van der Waals surface area contributed by atoms with Crippen molar-refractivity contribution < 1.29 is 23.7 Å². The average molecular weight is 353 g/mol. The Bertz CT molecular complexity index is 548. The van der Waals surface area contributed by atoms with Crippen LogP contribution < -0.4 is 24.4 Å². The number of rotatable bonds is 7. The largest absolute Gasteiger partial charge is 0.493 e. The molecular weight excluding hydrogens is 326 g/mol. The van der Waals surface area contributed by atoms with Crippen LogP contribution in [0.1, 0.15) is 0 Å². The summed E-state index contributed by atoms with van der Waals surface area (Å²) in [7, 11) is 6.40. The molecular formula is C17H27N3O5. The van der Waals surface area contributed by atoms with Crippen LogP contribution in [0.3, 0.4) is 0 Å². The molecule has 1 saturated heterocycles. The molecule has 0 radical (unpaired) electrons. The molecule has 1 aromatic rings. The van der Waals surface area contributed by atoms with E-state index in [1.54, 1.807) is 28.4 Å². The van der Waals surface area contributed by atoms with E-state index in [4.69, 9.17) is 18.9 Å². The first-order chi connectivity index (χ1) is 12.1. The molecule has 8 nitrogen and oxygen atoms in total. The van der Waals surface area contributed by atoms with E-state index in [-0.39, 0.29) is 6.03 Å². The number of hydrogen-bond donors (Lipinski definition) is 1. The summed E-state index contributed by atoms with van der Waals surface area (Å²) in [4.78, 5) is 16.1. The fourth-order valence-corrected chi connectivity index (χ4v) is 2.79. The highest BCUT2D eigenvalue weighted by Gasteiger charge is 2.23. The number of nitrogens with zero attached hydrogens (tertiary/aromatic N) is 2. The van der Waals surface area contributed by atoms with Crippen LogP contribution in [0.5, 0.6) is 17.2 Å². The molecule has 25 heavy (non-hydrogen) atoms. The zero-order valence-corrected chi connectivity index (χ0v) is 15.3. The first-order valence-electron chi connectivity index (χ1n) is 8.21. The summed E-state index contributed by atoms with van der Waals surface area (Å²) in [5.41, 5.74) is 0.981. The third-order valence-electron chi connectivity index (χ3n) is 4.16. The van der Waals surface area contributed by atoms with Gasteiger partial charge in [0.15, 0.2) is 11.5 Å². The summed E-state index contributed by atoms with van der Waals surface area (Å²) in [5, 5.41) is 2.85. The van der Waals surface area contributed by atoms with Crippen LogP contribution in [0, 0.1) is 0 Å². The molecule has 1 fully saturated rings. The Labute approximate surface area is 148 Å². The number of carbonyl (C=O) groups excluding carboxylic acids is 1. The summed E-state index contributed by atoms with van der Waals surface area (Å²) >= 11 is 0. The highest BCUT2D eigenvalue weighted by Crippen LogP contribution is 2.41. The van der Waals surface area contributed by atoms with E-state index in [1.165, 1.54) is 0 Å². The molecule has 1 N–H and O–H groups in total. The molecule has 1 heterocycles. The molecule has 2 amide bonds. The van der Waals surface area contributed by atoms with Gasteiger partial charge in [0.25, 0.3) is 0 Å². The Hall–Kier alpha value is -2.35. The van der Waals surface area contributed by atoms with Crippen molar-refractivity contribution in [1.82, 2.24) is 10.2 Å². The number of nitrogens with one attached hydrogen (secondary N) is 1. The number of carbonyl (C=O) groups is 1. The third-order valence-corrected chi connectivity index (χ3v) is 4.16. The van der Waals surface area contributed by atoms with Crippen molar-refractivity contribution in [2.24, 2.45) is 0 Å². The minimum Gasteiger partial charge on any atom is -0.493 e. The van der Waals surface area contributed by atoms with Crippen LogP contribution in [0.15, 0.2) is 12.1 Å². The van der Waals surface area contributed by atoms with Crippen LogP contribution in [0.25, 0.3) is 0 Å². The van der Waals surface area contributed by atoms with Gasteiger partial charge in [-0.15, -0.1) is 0 Å². The lowest BCUT2D eigenvalue weighted by molar-refractivity contribution is 0.177. The van der Waals surface area contributed by atoms with Gasteiger partial charge in [0, 0.05) is 57.7 Å². The third kappa shape index (κ3) is 4.60. The summed E-state index contributed by atoms with van der Waals surface area (Å²) in [6.45, 7) is 3.79. The molecule has 1 aliphatic heterocycles. The second kappa shape index (κ2) is 9.22. The van der Waals surface area contributed by atoms with E-state index in [1.807, 2.05) is 17.0 Å². The second-order valence-electron chi connectivity index (χ2n) is 5.58. The Kier molecular flexibility index (Phi) is 7.00. The van der Waals surface area contributed by atoms with Gasteiger partial charge in [0.2, 0.25) is 5.75 Å². The number of hydrogen-bond acceptors (Lipinski definition) is 6. The number of piperazine rings is 1. The lowest BCUT2D eigenvalue weighted by atomic mass is 10.2. The molecule has 0 aliphatic carbocycles. The molecule has 140 valence electrons. The quantitative estimate of drug-likeness (QED) is 0.743. The van der Waals surface area contributed by atoms with Crippen molar-refractivity contribution in [3.8, 4) is 17.2 Å². The fourth-order valence-electron chi connectivity index (χ4n) is 2.79. The Balaban J connectivity index is 2.01. The van der Waals surface area contributed by atoms with Gasteiger partial charge in [-0.05, 0) is 0 Å². The van der Waals surface area contributed by atoms with E-state index in [2.05, 4.69) is 10.2 Å². The Morgan fingerprint density at radius 2 is 1.60 bits per heavy atom. The number of anilines is 1. The molecule has 0 saturated carbocycles. The average Bonchev–Trinajstić information content (AvgIpc) is 2.66. The van der Waals surface area contributed by atoms with Crippen LogP contribution in [-0.2, 0) is 4.74 Å². The zero-order chi connectivity index (χ0) is 18.2. The smallest absolute Gasteiger partial charge is 0.317 e. The van der Waals surface area contributed by atoms with Crippen LogP contribution in [-0.4, -0.2) is 78.7 Å². The van der Waals surface area contributed by atoms with Gasteiger partial charge in [0.1, 0.15) is 0 Å². The van der Waals surface area contributed by atoms with E-state index in [9.17, 15) is 4.79 Å². The monoisotopic (exact) mass is 353 g/mol. The highest BCUT2D eigenvalue weighted by atomic mass is 16.5. The lowest BCUT2D eigenvalue weighted by Crippen LogP contribution is -2.52. The molecule has 0 bridgehead atoms. The molecule has 2 rings (SSSR count). The second-order valence-corrected chi connectivity index (χ2v) is 5.58. The van der Waals surface area contributed by atoms with Crippen LogP contribution >= 0.6 is 0 Å². The molecule has 8 heteroatoms. The van der Waals surface area contributed by atoms with Crippen molar-refractivity contribution >= 4 is 11.7 Å². The van der Waals surface area contributed by atoms with E-state index in [0.717, 1.165) is 18.8 Å². The first-order valence-corrected chi connectivity index (χ1v) is 8.21. The molecule has 1 aromatic carbocycles. The molecule has 0 unspecified atom stereocenters. The summed E-state index contributed by atoms with van der Waals surface area (Å²) in [6.07, 6.45) is 0. The lowest BCUT2D eigenvalue weighted by Gasteiger charge is -2.36. The normalized spacial score (nSPS) is 14.2. The van der Waals surface area contributed by atoms with Gasteiger partial charge < -0.3 is 34.1 Å². The van der Waals surface area contributed by atoms with Crippen molar-refractivity contribution in [2.75, 3.05) is 72.7 Å². The molecule has 0 aromatic heterocycles. The van der Waals surface area contributed by atoms with Gasteiger partial charge >= 0.3 is 6.03 Å². The minimum absolute atomic E-state index is 0.0541. The van der Waals surface area contributed by atoms with E-state index in [0.29, 0.717) is 43.5 Å². The number of urea groups is 1. The first kappa shape index (κ1) is 19.0. The van der Waals surface area contributed by atoms with Gasteiger partial charge in [-0.25, -0.2) is 4.79 Å². The van der Waals surface area contributed by atoms with Crippen molar-refractivity contribution in [1.29, 1.82) is 0 Å². The van der Waals surface area contributed by atoms with Gasteiger partial charge in [-0.2, -0.15) is 0 Å². The van der Waals surface area contributed by atoms with Crippen molar-refractivity contribution in [3.63, 3.8) is 0 Å². The van der Waals surface area contributed by atoms with Crippen LogP contribution in [0.2, 0.25) is 0 Å². The van der Waals surface area contributed by atoms with Crippen LogP contribution in [0.4, 0.5) is 10.5 Å². The summed E-state index contributed by atoms with van der Waals surface area (Å²) in [6, 6.07) is 3.80. The standard InChI is InChI=1S/C17H27N3O5/c1-22-10-5-18-17(21)20-8-6-19(7-9-20)13-11-14(23-2)16(25-4)15(12-13)24-3/h11-12H,5-10H2,1-4H3,(H,18,21). The SMILES string of the molecule is COCCNC(=O)N1CCN(c2cc(OC)c(OC)c(OC)c2)CC1. The molecule has 1 aliphatic rings. The Morgan fingerprint density at radius 3 is 2.08 bits per heavy atom. The van der Waals surface area contributed by atoms with E-state index < -0.39 is 0 Å². The topological polar surface area (TPSA) is 72.5 Å². The summed E-state index contributed by atoms with van der Waals surface area (Å²) in [5.74, 6) is 1.82. The molecule has 0 spiro atoms. The maximum atomic E-state index is 12.1. The fraction of sp³-hybridized carbons (Fsp3) is 0.588. The number of methoxy groups -OCH3 is 4. The number of ether oxygens (including phenoxy) is 4. The maximum Gasteiger partial charge on any atom is 0.317 e. The minimum atomic E-state index is -0.0541. The van der Waals surface area contributed by atoms with Gasteiger partial charge in [-0.3, -0.25) is 0 Å². The zero-order valence-electron chi connectivity index (χ0n) is 15.3. The van der Waals surface area contributed by atoms with Crippen molar-refractivity contribution in [2.45, 2.75) is 0 Å². The van der Waals surface area contributed by atoms with Gasteiger partial charge in [-0.1, -0.05) is 0 Å². The number of benzene rings is 1. The van der Waals surface area contributed by atoms with Gasteiger partial charge in [0.05, 0.1) is 27.9 Å². The highest BCUT2D eigenvalue weighted by molar-refractivity contribution is 5.74. The van der Waals surface area contributed by atoms with E-state index >= 15 is 0 Å². The predicted octanol–water partition coefficient (Wildman–Crippen LogP) is 1.19. The van der Waals surface area contributed by atoms with Crippen molar-refractivity contribution in [3.05, 3.63) is 12.1 Å².